The monoisotopic (exact) mass is 431 g/mol. The summed E-state index contributed by atoms with van der Waals surface area (Å²) in [6.07, 6.45) is 7.14. The minimum absolute atomic E-state index is 0.00321. The van der Waals surface area contributed by atoms with Crippen molar-refractivity contribution in [2.45, 2.75) is 55.4 Å². The number of amides is 1. The van der Waals surface area contributed by atoms with Gasteiger partial charge in [-0.1, -0.05) is 56.0 Å². The Balaban J connectivity index is 1.52. The predicted octanol–water partition coefficient (Wildman–Crippen LogP) is 3.28. The quantitative estimate of drug-likeness (QED) is 0.629. The van der Waals surface area contributed by atoms with E-state index in [1.807, 2.05) is 24.3 Å². The molecule has 2 aromatic carbocycles. The molecule has 6 nitrogen and oxygen atoms in total. The number of carbonyl (C=O) groups is 1. The van der Waals surface area contributed by atoms with Crippen LogP contribution in [0.4, 0.5) is 0 Å². The lowest BCUT2D eigenvalue weighted by Gasteiger charge is -2.39. The number of likely N-dealkylation sites (N-methyl/N-ethyl adjacent to an activating group) is 1. The Hall–Kier alpha value is -1.96. The number of fused-ring (bicyclic) bond motifs is 1. The molecule has 0 heterocycles. The molecule has 0 radical (unpaired) electrons. The highest BCUT2D eigenvalue weighted by atomic mass is 32.2. The van der Waals surface area contributed by atoms with Gasteiger partial charge in [-0.05, 0) is 49.8 Å². The summed E-state index contributed by atoms with van der Waals surface area (Å²) in [4.78, 5) is 14.8. The van der Waals surface area contributed by atoms with Gasteiger partial charge in [-0.15, -0.1) is 0 Å². The number of sulfonamides is 1. The van der Waals surface area contributed by atoms with Crippen LogP contribution in [-0.4, -0.2) is 51.9 Å². The summed E-state index contributed by atoms with van der Waals surface area (Å²) >= 11 is 0. The SMILES string of the molecule is CN(C)C1(CNC(=O)CCNS(=O)(=O)c2ccc3ccccc3c2)CCCCCC1. The molecule has 0 atom stereocenters. The standard InChI is InChI=1S/C23H33N3O3S/c1-26(2)23(14-7-3-4-8-15-23)18-24-22(27)13-16-25-30(28,29)21-12-11-19-9-5-6-10-20(19)17-21/h5-6,9-12,17,25H,3-4,7-8,13-16,18H2,1-2H3,(H,24,27). The molecule has 0 bridgehead atoms. The fourth-order valence-electron chi connectivity index (χ4n) is 4.24. The molecule has 0 aliphatic heterocycles. The first-order valence-electron chi connectivity index (χ1n) is 10.8. The van der Waals surface area contributed by atoms with Gasteiger partial charge in [-0.3, -0.25) is 4.79 Å². The molecule has 1 fully saturated rings. The van der Waals surface area contributed by atoms with Gasteiger partial charge in [0.2, 0.25) is 15.9 Å². The molecule has 164 valence electrons. The maximum absolute atomic E-state index is 12.6. The molecule has 2 aromatic rings. The van der Waals surface area contributed by atoms with E-state index in [0.29, 0.717) is 6.54 Å². The molecule has 30 heavy (non-hydrogen) atoms. The van der Waals surface area contributed by atoms with Gasteiger partial charge >= 0.3 is 0 Å². The fourth-order valence-corrected chi connectivity index (χ4v) is 5.30. The Labute approximate surface area is 180 Å². The molecule has 7 heteroatoms. The Morgan fingerprint density at radius 1 is 1.00 bits per heavy atom. The largest absolute Gasteiger partial charge is 0.354 e. The van der Waals surface area contributed by atoms with Crippen molar-refractivity contribution in [1.82, 2.24) is 14.9 Å². The van der Waals surface area contributed by atoms with Crippen molar-refractivity contribution in [3.63, 3.8) is 0 Å². The Morgan fingerprint density at radius 2 is 1.67 bits per heavy atom. The molecular formula is C23H33N3O3S. The first kappa shape index (κ1) is 22.7. The van der Waals surface area contributed by atoms with Gasteiger partial charge in [0.15, 0.2) is 0 Å². The van der Waals surface area contributed by atoms with E-state index in [4.69, 9.17) is 0 Å². The number of hydrogen-bond donors (Lipinski definition) is 2. The lowest BCUT2D eigenvalue weighted by Crippen LogP contribution is -2.52. The van der Waals surface area contributed by atoms with E-state index in [1.54, 1.807) is 18.2 Å². The van der Waals surface area contributed by atoms with Crippen LogP contribution in [0.1, 0.15) is 44.9 Å². The van der Waals surface area contributed by atoms with Crippen LogP contribution >= 0.6 is 0 Å². The van der Waals surface area contributed by atoms with Crippen LogP contribution in [0.2, 0.25) is 0 Å². The minimum Gasteiger partial charge on any atom is -0.354 e. The molecule has 1 aliphatic carbocycles. The maximum atomic E-state index is 12.6. The van der Waals surface area contributed by atoms with E-state index in [9.17, 15) is 13.2 Å². The molecule has 0 spiro atoms. The summed E-state index contributed by atoms with van der Waals surface area (Å²) in [6.45, 7) is 0.687. The van der Waals surface area contributed by atoms with Crippen molar-refractivity contribution in [1.29, 1.82) is 0 Å². The van der Waals surface area contributed by atoms with Crippen LogP contribution in [0.15, 0.2) is 47.4 Å². The molecule has 1 saturated carbocycles. The number of nitrogens with one attached hydrogen (secondary N) is 2. The summed E-state index contributed by atoms with van der Waals surface area (Å²) in [7, 11) is 0.506. The normalized spacial score (nSPS) is 17.0. The summed E-state index contributed by atoms with van der Waals surface area (Å²) in [5.41, 5.74) is -0.00321. The van der Waals surface area contributed by atoms with Crippen molar-refractivity contribution >= 4 is 26.7 Å². The zero-order valence-corrected chi connectivity index (χ0v) is 18.8. The van der Waals surface area contributed by atoms with E-state index in [2.05, 4.69) is 29.0 Å². The van der Waals surface area contributed by atoms with E-state index >= 15 is 0 Å². The Bertz CT molecular complexity index is 965. The summed E-state index contributed by atoms with van der Waals surface area (Å²) in [5, 5.41) is 4.90. The fraction of sp³-hybridized carbons (Fsp3) is 0.522. The Kier molecular flexibility index (Phi) is 7.50. The summed E-state index contributed by atoms with van der Waals surface area (Å²) in [6, 6.07) is 12.7. The third kappa shape index (κ3) is 5.59. The van der Waals surface area contributed by atoms with Crippen LogP contribution in [0.25, 0.3) is 10.8 Å². The molecule has 3 rings (SSSR count). The number of benzene rings is 2. The van der Waals surface area contributed by atoms with Crippen LogP contribution in [0.5, 0.6) is 0 Å². The van der Waals surface area contributed by atoms with E-state index in [-0.39, 0.29) is 29.3 Å². The second-order valence-electron chi connectivity index (χ2n) is 8.47. The van der Waals surface area contributed by atoms with Gasteiger partial charge in [0.05, 0.1) is 4.90 Å². The van der Waals surface area contributed by atoms with E-state index < -0.39 is 10.0 Å². The van der Waals surface area contributed by atoms with Gasteiger partial charge in [0.25, 0.3) is 0 Å². The second kappa shape index (κ2) is 9.90. The molecular weight excluding hydrogens is 398 g/mol. The molecule has 0 unspecified atom stereocenters. The molecule has 1 amide bonds. The average molecular weight is 432 g/mol. The van der Waals surface area contributed by atoms with Crippen LogP contribution in [0.3, 0.4) is 0 Å². The van der Waals surface area contributed by atoms with Crippen molar-refractivity contribution in [3.8, 4) is 0 Å². The molecule has 2 N–H and O–H groups in total. The highest BCUT2D eigenvalue weighted by molar-refractivity contribution is 7.89. The van der Waals surface area contributed by atoms with Crippen molar-refractivity contribution < 1.29 is 13.2 Å². The van der Waals surface area contributed by atoms with Gasteiger partial charge in [-0.25, -0.2) is 13.1 Å². The van der Waals surface area contributed by atoms with E-state index in [1.165, 1.54) is 25.7 Å². The topological polar surface area (TPSA) is 78.5 Å². The van der Waals surface area contributed by atoms with Gasteiger partial charge in [0.1, 0.15) is 0 Å². The van der Waals surface area contributed by atoms with Crippen LogP contribution in [0, 0.1) is 0 Å². The zero-order chi connectivity index (χ0) is 21.6. The summed E-state index contributed by atoms with van der Waals surface area (Å²) < 4.78 is 27.7. The third-order valence-corrected chi connectivity index (χ3v) is 7.73. The smallest absolute Gasteiger partial charge is 0.240 e. The number of hydrogen-bond acceptors (Lipinski definition) is 4. The lowest BCUT2D eigenvalue weighted by atomic mass is 9.88. The Morgan fingerprint density at radius 3 is 2.33 bits per heavy atom. The number of nitrogens with zero attached hydrogens (tertiary/aromatic N) is 1. The molecule has 1 aliphatic rings. The number of rotatable bonds is 8. The third-order valence-electron chi connectivity index (χ3n) is 6.27. The molecule has 0 saturated heterocycles. The lowest BCUT2D eigenvalue weighted by molar-refractivity contribution is -0.121. The van der Waals surface area contributed by atoms with Crippen molar-refractivity contribution in [2.75, 3.05) is 27.2 Å². The van der Waals surface area contributed by atoms with Gasteiger partial charge < -0.3 is 10.2 Å². The highest BCUT2D eigenvalue weighted by Gasteiger charge is 2.33. The first-order chi connectivity index (χ1) is 14.3. The van der Waals surface area contributed by atoms with Crippen LogP contribution in [-0.2, 0) is 14.8 Å². The predicted molar refractivity (Wildman–Crippen MR) is 121 cm³/mol. The average Bonchev–Trinajstić information content (AvgIpc) is 2.98. The van der Waals surface area contributed by atoms with Gasteiger partial charge in [0, 0.05) is 25.0 Å². The van der Waals surface area contributed by atoms with Gasteiger partial charge in [-0.2, -0.15) is 0 Å². The number of carbonyl (C=O) groups excluding carboxylic acids is 1. The first-order valence-corrected chi connectivity index (χ1v) is 12.2. The maximum Gasteiger partial charge on any atom is 0.240 e. The van der Waals surface area contributed by atoms with Crippen molar-refractivity contribution in [2.24, 2.45) is 0 Å². The second-order valence-corrected chi connectivity index (χ2v) is 10.2. The van der Waals surface area contributed by atoms with E-state index in [0.717, 1.165) is 23.6 Å². The van der Waals surface area contributed by atoms with Crippen molar-refractivity contribution in [3.05, 3.63) is 42.5 Å². The summed E-state index contributed by atoms with van der Waals surface area (Å²) in [5.74, 6) is -0.123. The minimum atomic E-state index is -3.65. The zero-order valence-electron chi connectivity index (χ0n) is 18.0. The highest BCUT2D eigenvalue weighted by Crippen LogP contribution is 2.30. The van der Waals surface area contributed by atoms with Crippen LogP contribution < -0.4 is 10.0 Å². The molecule has 0 aromatic heterocycles.